The number of halogens is 1. The van der Waals surface area contributed by atoms with Crippen LogP contribution < -0.4 is 10.6 Å². The van der Waals surface area contributed by atoms with Crippen LogP contribution in [-0.4, -0.2) is 75.4 Å². The number of nitrogens with zero attached hydrogens (tertiary/aromatic N) is 3. The molecule has 7 nitrogen and oxygen atoms in total. The third-order valence-electron chi connectivity index (χ3n) is 5.88. The second-order valence-corrected chi connectivity index (χ2v) is 7.90. The lowest BCUT2D eigenvalue weighted by molar-refractivity contribution is -0.138. The summed E-state index contributed by atoms with van der Waals surface area (Å²) in [5, 5.41) is 6.18. The van der Waals surface area contributed by atoms with E-state index in [0.717, 1.165) is 57.6 Å². The summed E-state index contributed by atoms with van der Waals surface area (Å²) in [6.07, 6.45) is 6.72. The number of likely N-dealkylation sites (tertiary alicyclic amines) is 1. The van der Waals surface area contributed by atoms with Gasteiger partial charge in [-0.15, -0.1) is 24.0 Å². The molecule has 2 amide bonds. The molecule has 2 rings (SSSR count). The minimum atomic E-state index is -0.295. The van der Waals surface area contributed by atoms with Crippen molar-refractivity contribution in [1.82, 2.24) is 20.4 Å². The van der Waals surface area contributed by atoms with E-state index in [0.29, 0.717) is 18.9 Å². The zero-order chi connectivity index (χ0) is 19.2. The number of nitrogens with one attached hydrogen (secondary N) is 2. The van der Waals surface area contributed by atoms with Gasteiger partial charge in [-0.2, -0.15) is 0 Å². The second kappa shape index (κ2) is 11.1. The van der Waals surface area contributed by atoms with Crippen LogP contribution in [0.1, 0.15) is 44.9 Å². The summed E-state index contributed by atoms with van der Waals surface area (Å²) in [4.78, 5) is 32.7. The molecule has 0 radical (unpaired) electrons. The van der Waals surface area contributed by atoms with Crippen LogP contribution in [0.15, 0.2) is 4.99 Å². The average molecular weight is 493 g/mol. The predicted octanol–water partition coefficient (Wildman–Crippen LogP) is 1.68. The molecule has 2 N–H and O–H groups in total. The zero-order valence-electron chi connectivity index (χ0n) is 17.2. The molecule has 2 fully saturated rings. The molecule has 0 aromatic rings. The maximum Gasteiger partial charge on any atom is 0.230 e. The van der Waals surface area contributed by atoms with Gasteiger partial charge in [0.1, 0.15) is 0 Å². The second-order valence-electron chi connectivity index (χ2n) is 7.90. The van der Waals surface area contributed by atoms with Crippen molar-refractivity contribution in [2.24, 2.45) is 16.3 Å². The third-order valence-corrected chi connectivity index (χ3v) is 5.88. The third kappa shape index (κ3) is 6.22. The topological polar surface area (TPSA) is 77.0 Å². The lowest BCUT2D eigenvalue weighted by atomic mass is 9.84. The monoisotopic (exact) mass is 493 g/mol. The molecule has 2 aliphatic rings. The molecular weight excluding hydrogens is 457 g/mol. The normalized spacial score (nSPS) is 20.0. The summed E-state index contributed by atoms with van der Waals surface area (Å²) in [6.45, 7) is 2.45. The van der Waals surface area contributed by atoms with Gasteiger partial charge in [0.05, 0.1) is 5.41 Å². The van der Waals surface area contributed by atoms with Crippen LogP contribution in [0.5, 0.6) is 0 Å². The fourth-order valence-electron chi connectivity index (χ4n) is 4.29. The summed E-state index contributed by atoms with van der Waals surface area (Å²) < 4.78 is 0. The van der Waals surface area contributed by atoms with Crippen LogP contribution >= 0.6 is 24.0 Å². The average Bonchev–Trinajstić information content (AvgIpc) is 3.12. The molecule has 8 heteroatoms. The Morgan fingerprint density at radius 3 is 2.26 bits per heavy atom. The molecule has 0 bridgehead atoms. The first kappa shape index (κ1) is 24.0. The minimum Gasteiger partial charge on any atom is -0.359 e. The highest BCUT2D eigenvalue weighted by Crippen LogP contribution is 2.39. The minimum absolute atomic E-state index is 0. The highest BCUT2D eigenvalue weighted by Gasteiger charge is 2.42. The molecule has 1 aliphatic heterocycles. The van der Waals surface area contributed by atoms with Crippen LogP contribution in [0.3, 0.4) is 0 Å². The van der Waals surface area contributed by atoms with Crippen LogP contribution in [0.25, 0.3) is 0 Å². The van der Waals surface area contributed by atoms with Gasteiger partial charge in [-0.25, -0.2) is 0 Å². The van der Waals surface area contributed by atoms with Crippen molar-refractivity contribution in [2.45, 2.75) is 44.9 Å². The number of guanidine groups is 1. The number of rotatable bonds is 5. The van der Waals surface area contributed by atoms with Gasteiger partial charge in [0.25, 0.3) is 0 Å². The predicted molar refractivity (Wildman–Crippen MR) is 119 cm³/mol. The van der Waals surface area contributed by atoms with Crippen LogP contribution in [0.2, 0.25) is 0 Å². The molecule has 0 aromatic carbocycles. The van der Waals surface area contributed by atoms with E-state index in [4.69, 9.17) is 0 Å². The fraction of sp³-hybridized carbons (Fsp3) is 0.842. The Labute approximate surface area is 180 Å². The molecule has 27 heavy (non-hydrogen) atoms. The van der Waals surface area contributed by atoms with Gasteiger partial charge in [0.15, 0.2) is 5.96 Å². The molecule has 0 spiro atoms. The molecule has 1 saturated heterocycles. The maximum absolute atomic E-state index is 12.7. The quantitative estimate of drug-likeness (QED) is 0.347. The first-order chi connectivity index (χ1) is 12.4. The number of carbonyl (C=O) groups is 2. The Morgan fingerprint density at radius 2 is 1.78 bits per heavy atom. The molecule has 156 valence electrons. The van der Waals surface area contributed by atoms with Crippen molar-refractivity contribution in [2.75, 3.05) is 47.8 Å². The summed E-state index contributed by atoms with van der Waals surface area (Å²) in [7, 11) is 7.17. The summed E-state index contributed by atoms with van der Waals surface area (Å²) in [5.41, 5.74) is -0.295. The number of hydrogen-bond acceptors (Lipinski definition) is 3. The highest BCUT2D eigenvalue weighted by atomic mass is 127. The molecular formula is C19H36IN5O2. The van der Waals surface area contributed by atoms with Gasteiger partial charge in [-0.3, -0.25) is 14.6 Å². The van der Waals surface area contributed by atoms with Crippen molar-refractivity contribution in [1.29, 1.82) is 0 Å². The van der Waals surface area contributed by atoms with Gasteiger partial charge >= 0.3 is 0 Å². The Balaban J connectivity index is 0.00000364. The van der Waals surface area contributed by atoms with Crippen LogP contribution in [0.4, 0.5) is 0 Å². The summed E-state index contributed by atoms with van der Waals surface area (Å²) in [6, 6.07) is 0. The Morgan fingerprint density at radius 1 is 1.19 bits per heavy atom. The standard InChI is InChI=1S/C19H35N5O2.HI/c1-20-16(25)13-15-7-11-24(12-8-15)18(21-2)22-14-19(9-5-6-10-19)17(26)23(3)4;/h15H,5-14H2,1-4H3,(H,20,25)(H,21,22);1H. The van der Waals surface area contributed by atoms with Gasteiger partial charge in [-0.1, -0.05) is 12.8 Å². The number of piperidine rings is 1. The number of carbonyl (C=O) groups excluding carboxylic acids is 2. The van der Waals surface area contributed by atoms with Crippen LogP contribution in [0, 0.1) is 11.3 Å². The first-order valence-electron chi connectivity index (χ1n) is 9.80. The van der Waals surface area contributed by atoms with E-state index in [1.807, 2.05) is 14.1 Å². The number of aliphatic imine (C=N–C) groups is 1. The summed E-state index contributed by atoms with van der Waals surface area (Å²) >= 11 is 0. The zero-order valence-corrected chi connectivity index (χ0v) is 19.5. The largest absolute Gasteiger partial charge is 0.359 e. The SMILES string of the molecule is CN=C(NCC1(C(=O)N(C)C)CCCC1)N1CCC(CC(=O)NC)CC1.I. The highest BCUT2D eigenvalue weighted by molar-refractivity contribution is 14.0. The number of hydrogen-bond donors (Lipinski definition) is 2. The first-order valence-corrected chi connectivity index (χ1v) is 9.80. The molecule has 0 unspecified atom stereocenters. The van der Waals surface area contributed by atoms with E-state index in [-0.39, 0.29) is 41.2 Å². The van der Waals surface area contributed by atoms with Crippen molar-refractivity contribution < 1.29 is 9.59 Å². The molecule has 1 heterocycles. The summed E-state index contributed by atoms with van der Waals surface area (Å²) in [5.74, 6) is 1.67. The van der Waals surface area contributed by atoms with Crippen molar-refractivity contribution in [3.05, 3.63) is 0 Å². The van der Waals surface area contributed by atoms with E-state index in [9.17, 15) is 9.59 Å². The van der Waals surface area contributed by atoms with Crippen molar-refractivity contribution >= 4 is 41.8 Å². The molecule has 0 aromatic heterocycles. The molecule has 0 atom stereocenters. The van der Waals surface area contributed by atoms with Gasteiger partial charge in [0, 0.05) is 54.2 Å². The Bertz CT molecular complexity index is 524. The maximum atomic E-state index is 12.7. The van der Waals surface area contributed by atoms with Gasteiger partial charge in [0.2, 0.25) is 11.8 Å². The van der Waals surface area contributed by atoms with E-state index < -0.39 is 0 Å². The van der Waals surface area contributed by atoms with Gasteiger partial charge in [-0.05, 0) is 31.6 Å². The van der Waals surface area contributed by atoms with Crippen LogP contribution in [-0.2, 0) is 9.59 Å². The Hall–Kier alpha value is -1.06. The number of amides is 2. The van der Waals surface area contributed by atoms with E-state index in [1.165, 1.54) is 0 Å². The van der Waals surface area contributed by atoms with Crippen molar-refractivity contribution in [3.63, 3.8) is 0 Å². The van der Waals surface area contributed by atoms with Gasteiger partial charge < -0.3 is 20.4 Å². The van der Waals surface area contributed by atoms with E-state index in [2.05, 4.69) is 20.5 Å². The van der Waals surface area contributed by atoms with E-state index >= 15 is 0 Å². The fourth-order valence-corrected chi connectivity index (χ4v) is 4.29. The van der Waals surface area contributed by atoms with E-state index in [1.54, 1.807) is 19.0 Å². The Kier molecular flexibility index (Phi) is 9.83. The molecule has 1 saturated carbocycles. The lowest BCUT2D eigenvalue weighted by Crippen LogP contribution is -2.51. The smallest absolute Gasteiger partial charge is 0.230 e. The lowest BCUT2D eigenvalue weighted by Gasteiger charge is -2.36. The molecule has 1 aliphatic carbocycles. The van der Waals surface area contributed by atoms with Crippen molar-refractivity contribution in [3.8, 4) is 0 Å².